The molecule has 98 valence electrons. The van der Waals surface area contributed by atoms with E-state index in [-0.39, 0.29) is 24.2 Å². The summed E-state index contributed by atoms with van der Waals surface area (Å²) in [4.78, 5) is 29.1. The quantitative estimate of drug-likeness (QED) is 0.803. The van der Waals surface area contributed by atoms with E-state index >= 15 is 0 Å². The van der Waals surface area contributed by atoms with E-state index in [0.29, 0.717) is 5.52 Å². The molecule has 1 saturated heterocycles. The lowest BCUT2D eigenvalue weighted by Gasteiger charge is -2.13. The monoisotopic (exact) mass is 322 g/mol. The molecule has 2 amide bonds. The number of imidazole rings is 1. The summed E-state index contributed by atoms with van der Waals surface area (Å²) >= 11 is 3.38. The molecule has 0 saturated carbocycles. The first-order valence-corrected chi connectivity index (χ1v) is 6.51. The van der Waals surface area contributed by atoms with E-state index in [9.17, 15) is 9.59 Å². The lowest BCUT2D eigenvalue weighted by atomic mass is 10.2. The average Bonchev–Trinajstić information content (AvgIpc) is 2.80. The van der Waals surface area contributed by atoms with E-state index in [1.165, 1.54) is 7.05 Å². The van der Waals surface area contributed by atoms with Gasteiger partial charge in [-0.05, 0) is 18.2 Å². The van der Waals surface area contributed by atoms with Crippen molar-refractivity contribution < 1.29 is 9.59 Å². The average molecular weight is 323 g/mol. The number of anilines is 1. The minimum atomic E-state index is -0.600. The highest BCUT2D eigenvalue weighted by Gasteiger charge is 2.38. The highest BCUT2D eigenvalue weighted by Crippen LogP contribution is 2.31. The maximum Gasteiger partial charge on any atom is 0.252 e. The van der Waals surface area contributed by atoms with Gasteiger partial charge in [0, 0.05) is 11.5 Å². The number of hydrogen-bond donors (Lipinski definition) is 1. The summed E-state index contributed by atoms with van der Waals surface area (Å²) in [5.41, 5.74) is 7.34. The number of hydrogen-bond acceptors (Lipinski definition) is 4. The Morgan fingerprint density at radius 1 is 1.42 bits per heavy atom. The molecule has 2 N–H and O–H groups in total. The Labute approximate surface area is 117 Å². The van der Waals surface area contributed by atoms with E-state index in [2.05, 4.69) is 20.9 Å². The predicted molar refractivity (Wildman–Crippen MR) is 73.3 cm³/mol. The highest BCUT2D eigenvalue weighted by molar-refractivity contribution is 9.10. The second-order valence-corrected chi connectivity index (χ2v) is 5.40. The molecular weight excluding hydrogens is 312 g/mol. The Hall–Kier alpha value is -1.89. The summed E-state index contributed by atoms with van der Waals surface area (Å²) in [5.74, 6) is -0.211. The number of imide groups is 1. The zero-order valence-electron chi connectivity index (χ0n) is 10.1. The Kier molecular flexibility index (Phi) is 2.60. The van der Waals surface area contributed by atoms with Crippen molar-refractivity contribution >= 4 is 44.7 Å². The Bertz CT molecular complexity index is 709. The number of fused-ring (bicyclic) bond motifs is 1. The SMILES string of the molecule is CN1C(=O)CC(n2c(N)nc3ccc(Br)cc32)C1=O. The number of nitrogen functional groups attached to an aromatic ring is 1. The van der Waals surface area contributed by atoms with E-state index < -0.39 is 6.04 Å². The molecule has 0 aliphatic carbocycles. The number of carbonyl (C=O) groups excluding carboxylic acids is 2. The van der Waals surface area contributed by atoms with E-state index in [1.807, 2.05) is 18.2 Å². The van der Waals surface area contributed by atoms with Crippen LogP contribution in [0.3, 0.4) is 0 Å². The maximum atomic E-state index is 12.1. The topological polar surface area (TPSA) is 81.2 Å². The molecule has 1 aliphatic heterocycles. The molecule has 0 radical (unpaired) electrons. The van der Waals surface area contributed by atoms with E-state index in [0.717, 1.165) is 14.9 Å². The summed E-state index contributed by atoms with van der Waals surface area (Å²) in [7, 11) is 1.48. The number of nitrogens with two attached hydrogens (primary N) is 1. The highest BCUT2D eigenvalue weighted by atomic mass is 79.9. The molecular formula is C12H11BrN4O2. The molecule has 0 spiro atoms. The number of benzene rings is 1. The smallest absolute Gasteiger partial charge is 0.252 e. The number of nitrogens with zero attached hydrogens (tertiary/aromatic N) is 3. The van der Waals surface area contributed by atoms with Crippen LogP contribution in [-0.2, 0) is 9.59 Å². The van der Waals surface area contributed by atoms with Crippen molar-refractivity contribution in [1.82, 2.24) is 14.5 Å². The molecule has 19 heavy (non-hydrogen) atoms. The van der Waals surface area contributed by atoms with Crippen molar-refractivity contribution in [3.63, 3.8) is 0 Å². The standard InChI is InChI=1S/C12H11BrN4O2/c1-16-10(18)5-9(11(16)19)17-8-4-6(13)2-3-7(8)15-12(17)14/h2-4,9H,5H2,1H3,(H2,14,15). The first-order valence-electron chi connectivity index (χ1n) is 5.72. The normalized spacial score (nSPS) is 19.7. The zero-order valence-corrected chi connectivity index (χ0v) is 11.7. The van der Waals surface area contributed by atoms with Gasteiger partial charge in [-0.1, -0.05) is 15.9 Å². The van der Waals surface area contributed by atoms with Gasteiger partial charge >= 0.3 is 0 Å². The fourth-order valence-corrected chi connectivity index (χ4v) is 2.70. The third-order valence-electron chi connectivity index (χ3n) is 3.35. The number of carbonyl (C=O) groups is 2. The van der Waals surface area contributed by atoms with Crippen LogP contribution in [0.4, 0.5) is 5.95 Å². The fraction of sp³-hybridized carbons (Fsp3) is 0.250. The Balaban J connectivity index is 2.20. The van der Waals surface area contributed by atoms with Crippen molar-refractivity contribution in [3.05, 3.63) is 22.7 Å². The number of likely N-dealkylation sites (tertiary alicyclic amines) is 1. The molecule has 1 unspecified atom stereocenters. The van der Waals surface area contributed by atoms with Crippen LogP contribution in [0.15, 0.2) is 22.7 Å². The molecule has 6 nitrogen and oxygen atoms in total. The van der Waals surface area contributed by atoms with Gasteiger partial charge in [0.1, 0.15) is 6.04 Å². The summed E-state index contributed by atoms with van der Waals surface area (Å²) in [5, 5.41) is 0. The number of rotatable bonds is 1. The van der Waals surface area contributed by atoms with Gasteiger partial charge in [0.15, 0.2) is 0 Å². The zero-order chi connectivity index (χ0) is 13.7. The predicted octanol–water partition coefficient (Wildman–Crippen LogP) is 1.31. The first kappa shape index (κ1) is 12.2. The molecule has 1 atom stereocenters. The third-order valence-corrected chi connectivity index (χ3v) is 3.84. The van der Waals surface area contributed by atoms with Crippen LogP contribution in [0.1, 0.15) is 12.5 Å². The third kappa shape index (κ3) is 1.73. The van der Waals surface area contributed by atoms with Crippen molar-refractivity contribution in [3.8, 4) is 0 Å². The summed E-state index contributed by atoms with van der Waals surface area (Å²) in [6.07, 6.45) is 0.123. The summed E-state index contributed by atoms with van der Waals surface area (Å²) in [6.45, 7) is 0. The van der Waals surface area contributed by atoms with Crippen LogP contribution in [0, 0.1) is 0 Å². The van der Waals surface area contributed by atoms with Crippen LogP contribution >= 0.6 is 15.9 Å². The molecule has 1 aromatic carbocycles. The van der Waals surface area contributed by atoms with Gasteiger partial charge in [-0.3, -0.25) is 19.1 Å². The van der Waals surface area contributed by atoms with E-state index in [4.69, 9.17) is 5.73 Å². The van der Waals surface area contributed by atoms with Gasteiger partial charge in [0.05, 0.1) is 17.5 Å². The van der Waals surface area contributed by atoms with Crippen LogP contribution in [0.5, 0.6) is 0 Å². The van der Waals surface area contributed by atoms with Gasteiger partial charge in [-0.2, -0.15) is 0 Å². The molecule has 1 fully saturated rings. The molecule has 2 aromatic rings. The first-order chi connectivity index (χ1) is 8.99. The molecule has 3 rings (SSSR count). The van der Waals surface area contributed by atoms with Crippen molar-refractivity contribution in [2.75, 3.05) is 12.8 Å². The number of amides is 2. The minimum absolute atomic E-state index is 0.123. The lowest BCUT2D eigenvalue weighted by molar-refractivity contribution is -0.137. The van der Waals surface area contributed by atoms with Crippen molar-refractivity contribution in [1.29, 1.82) is 0 Å². The molecule has 0 bridgehead atoms. The molecule has 2 heterocycles. The number of aromatic nitrogens is 2. The number of likely N-dealkylation sites (N-methyl/N-ethyl adjacent to an activating group) is 1. The van der Waals surface area contributed by atoms with Crippen molar-refractivity contribution in [2.24, 2.45) is 0 Å². The largest absolute Gasteiger partial charge is 0.369 e. The summed E-state index contributed by atoms with van der Waals surface area (Å²) in [6, 6.07) is 4.91. The van der Waals surface area contributed by atoms with Crippen LogP contribution in [-0.4, -0.2) is 33.3 Å². The number of halogens is 1. The lowest BCUT2D eigenvalue weighted by Crippen LogP contribution is -2.27. The van der Waals surface area contributed by atoms with Gasteiger partial charge in [-0.15, -0.1) is 0 Å². The van der Waals surface area contributed by atoms with E-state index in [1.54, 1.807) is 4.57 Å². The molecule has 7 heteroatoms. The van der Waals surface area contributed by atoms with Crippen LogP contribution < -0.4 is 5.73 Å². The van der Waals surface area contributed by atoms with Gasteiger partial charge in [0.25, 0.3) is 5.91 Å². The maximum absolute atomic E-state index is 12.1. The van der Waals surface area contributed by atoms with Crippen molar-refractivity contribution in [2.45, 2.75) is 12.5 Å². The Morgan fingerprint density at radius 3 is 2.79 bits per heavy atom. The molecule has 1 aromatic heterocycles. The van der Waals surface area contributed by atoms with Gasteiger partial charge in [-0.25, -0.2) is 4.98 Å². The molecule has 1 aliphatic rings. The fourth-order valence-electron chi connectivity index (χ4n) is 2.35. The van der Waals surface area contributed by atoms with Crippen LogP contribution in [0.25, 0.3) is 11.0 Å². The van der Waals surface area contributed by atoms with Crippen LogP contribution in [0.2, 0.25) is 0 Å². The van der Waals surface area contributed by atoms with Gasteiger partial charge < -0.3 is 5.73 Å². The second kappa shape index (κ2) is 4.06. The Morgan fingerprint density at radius 2 is 2.16 bits per heavy atom. The minimum Gasteiger partial charge on any atom is -0.369 e. The summed E-state index contributed by atoms with van der Waals surface area (Å²) < 4.78 is 2.50. The van der Waals surface area contributed by atoms with Gasteiger partial charge in [0.2, 0.25) is 11.9 Å². The second-order valence-electron chi connectivity index (χ2n) is 4.48.